The van der Waals surface area contributed by atoms with Gasteiger partial charge in [0.25, 0.3) is 5.91 Å². The number of benzene rings is 2. The molecule has 0 bridgehead atoms. The van der Waals surface area contributed by atoms with Crippen LogP contribution in [0.15, 0.2) is 36.4 Å². The van der Waals surface area contributed by atoms with Gasteiger partial charge in [-0.1, -0.05) is 36.5 Å². The smallest absolute Gasteiger partial charge is 0.262 e. The predicted molar refractivity (Wildman–Crippen MR) is 122 cm³/mol. The third-order valence-electron chi connectivity index (χ3n) is 5.13. The molecule has 0 saturated carbocycles. The Bertz CT molecular complexity index is 1070. The predicted octanol–water partition coefficient (Wildman–Crippen LogP) is 5.97. The Morgan fingerprint density at radius 3 is 2.43 bits per heavy atom. The van der Waals surface area contributed by atoms with Crippen molar-refractivity contribution in [2.24, 2.45) is 0 Å². The van der Waals surface area contributed by atoms with Crippen molar-refractivity contribution >= 4 is 52.1 Å². The monoisotopic (exact) mass is 446 g/mol. The van der Waals surface area contributed by atoms with Crippen molar-refractivity contribution < 1.29 is 14.3 Å². The fourth-order valence-electron chi connectivity index (χ4n) is 3.61. The molecule has 1 amide bonds. The summed E-state index contributed by atoms with van der Waals surface area (Å²) in [6.07, 6.45) is 3.26. The Labute approximate surface area is 186 Å². The molecule has 1 aromatic heterocycles. The second-order valence-electron chi connectivity index (χ2n) is 6.94. The molecule has 0 radical (unpaired) electrons. The lowest BCUT2D eigenvalue weighted by Gasteiger charge is -2.18. The summed E-state index contributed by atoms with van der Waals surface area (Å²) in [5.41, 5.74) is 2.64. The molecule has 0 spiro atoms. The van der Waals surface area contributed by atoms with Crippen LogP contribution in [-0.4, -0.2) is 30.5 Å². The Morgan fingerprint density at radius 2 is 1.87 bits per heavy atom. The van der Waals surface area contributed by atoms with E-state index in [0.717, 1.165) is 30.3 Å². The van der Waals surface area contributed by atoms with Crippen LogP contribution in [0.5, 0.6) is 5.75 Å². The molecule has 1 heterocycles. The van der Waals surface area contributed by atoms with E-state index in [0.29, 0.717) is 45.5 Å². The van der Waals surface area contributed by atoms with Crippen LogP contribution in [0.4, 0.5) is 5.69 Å². The summed E-state index contributed by atoms with van der Waals surface area (Å²) in [5.74, 6) is 0.294. The van der Waals surface area contributed by atoms with Gasteiger partial charge in [-0.05, 0) is 56.2 Å². The van der Waals surface area contributed by atoms with E-state index in [2.05, 4.69) is 6.92 Å². The van der Waals surface area contributed by atoms with Crippen LogP contribution < -0.4 is 9.64 Å². The van der Waals surface area contributed by atoms with Gasteiger partial charge in [-0.3, -0.25) is 14.2 Å². The highest BCUT2D eigenvalue weighted by atomic mass is 35.5. The molecule has 2 aromatic carbocycles. The highest BCUT2D eigenvalue weighted by Crippen LogP contribution is 2.40. The zero-order valence-electron chi connectivity index (χ0n) is 17.2. The summed E-state index contributed by atoms with van der Waals surface area (Å²) in [6.45, 7) is 4.46. The maximum absolute atomic E-state index is 13.6. The molecule has 0 fully saturated rings. The normalized spacial score (nSPS) is 11.0. The third kappa shape index (κ3) is 4.05. The van der Waals surface area contributed by atoms with Crippen LogP contribution in [-0.2, 0) is 11.2 Å². The number of carbonyl (C=O) groups excluding carboxylic acids is 2. The lowest BCUT2D eigenvalue weighted by molar-refractivity contribution is -0.107. The quantitative estimate of drug-likeness (QED) is 0.400. The summed E-state index contributed by atoms with van der Waals surface area (Å²) in [4.78, 5) is 27.1. The fraction of sp³-hybridized carbons (Fsp3) is 0.304. The standard InChI is InChI=1S/C23H24Cl2N2O3/c1-4-6-7-19-22(26(5-2)14-28)17-12-21(30-3)18(25)13-20(17)27(19)23(29)15-8-10-16(24)11-9-15/h8-14H,4-7H2,1-3H3. The van der Waals surface area contributed by atoms with Gasteiger partial charge >= 0.3 is 0 Å². The van der Waals surface area contributed by atoms with E-state index in [4.69, 9.17) is 27.9 Å². The first-order chi connectivity index (χ1) is 14.5. The highest BCUT2D eigenvalue weighted by Gasteiger charge is 2.26. The highest BCUT2D eigenvalue weighted by molar-refractivity contribution is 6.33. The van der Waals surface area contributed by atoms with Gasteiger partial charge in [0.1, 0.15) is 5.75 Å². The van der Waals surface area contributed by atoms with Crippen LogP contribution in [0.25, 0.3) is 10.9 Å². The Morgan fingerprint density at radius 1 is 1.17 bits per heavy atom. The molecule has 158 valence electrons. The largest absolute Gasteiger partial charge is 0.495 e. The number of nitrogens with zero attached hydrogens (tertiary/aromatic N) is 2. The zero-order valence-corrected chi connectivity index (χ0v) is 18.8. The number of halogens is 2. The van der Waals surface area contributed by atoms with Crippen molar-refractivity contribution in [2.45, 2.75) is 33.1 Å². The topological polar surface area (TPSA) is 51.5 Å². The molecule has 0 aliphatic rings. The van der Waals surface area contributed by atoms with Gasteiger partial charge in [0, 0.05) is 22.5 Å². The molecule has 30 heavy (non-hydrogen) atoms. The van der Waals surface area contributed by atoms with Crippen molar-refractivity contribution in [2.75, 3.05) is 18.6 Å². The SMILES string of the molecule is CCCCc1c(N(C=O)CC)c2cc(OC)c(Cl)cc2n1C(=O)c1ccc(Cl)cc1. The summed E-state index contributed by atoms with van der Waals surface area (Å²) >= 11 is 12.4. The van der Waals surface area contributed by atoms with Crippen LogP contribution in [0.1, 0.15) is 42.7 Å². The number of aromatic nitrogens is 1. The molecule has 0 atom stereocenters. The average molecular weight is 447 g/mol. The molecule has 5 nitrogen and oxygen atoms in total. The number of hydrogen-bond donors (Lipinski definition) is 0. The molecule has 0 unspecified atom stereocenters. The first kappa shape index (κ1) is 22.2. The lowest BCUT2D eigenvalue weighted by atomic mass is 10.1. The molecule has 3 rings (SSSR count). The van der Waals surface area contributed by atoms with Crippen molar-refractivity contribution in [3.05, 3.63) is 57.7 Å². The molecular formula is C23H24Cl2N2O3. The Kier molecular flexibility index (Phi) is 7.06. The van der Waals surface area contributed by atoms with E-state index in [9.17, 15) is 9.59 Å². The van der Waals surface area contributed by atoms with E-state index in [1.807, 2.05) is 6.92 Å². The number of unbranched alkanes of at least 4 members (excludes halogenated alkanes) is 1. The van der Waals surface area contributed by atoms with Crippen LogP contribution in [0.3, 0.4) is 0 Å². The van der Waals surface area contributed by atoms with Gasteiger partial charge in [-0.15, -0.1) is 0 Å². The molecule has 0 aliphatic carbocycles. The Hall–Kier alpha value is -2.50. The minimum Gasteiger partial charge on any atom is -0.495 e. The number of rotatable bonds is 8. The zero-order chi connectivity index (χ0) is 21.8. The minimum atomic E-state index is -0.197. The van der Waals surface area contributed by atoms with Gasteiger partial charge in [0.2, 0.25) is 6.41 Å². The van der Waals surface area contributed by atoms with Crippen molar-refractivity contribution in [1.82, 2.24) is 4.57 Å². The molecular weight excluding hydrogens is 423 g/mol. The van der Waals surface area contributed by atoms with Crippen LogP contribution >= 0.6 is 23.2 Å². The maximum Gasteiger partial charge on any atom is 0.262 e. The van der Waals surface area contributed by atoms with Crippen molar-refractivity contribution in [1.29, 1.82) is 0 Å². The maximum atomic E-state index is 13.6. The van der Waals surface area contributed by atoms with Crippen LogP contribution in [0.2, 0.25) is 10.0 Å². The average Bonchev–Trinajstić information content (AvgIpc) is 3.05. The molecule has 0 saturated heterocycles. The second kappa shape index (κ2) is 9.54. The van der Waals surface area contributed by atoms with Gasteiger partial charge in [0.05, 0.1) is 29.0 Å². The number of amides is 1. The fourth-order valence-corrected chi connectivity index (χ4v) is 3.98. The van der Waals surface area contributed by atoms with E-state index in [1.54, 1.807) is 45.9 Å². The lowest BCUT2D eigenvalue weighted by Crippen LogP contribution is -2.23. The molecule has 3 aromatic rings. The van der Waals surface area contributed by atoms with E-state index >= 15 is 0 Å². The second-order valence-corrected chi connectivity index (χ2v) is 7.79. The van der Waals surface area contributed by atoms with E-state index in [1.165, 1.54) is 7.11 Å². The van der Waals surface area contributed by atoms with Gasteiger partial charge < -0.3 is 9.64 Å². The summed E-state index contributed by atoms with van der Waals surface area (Å²) < 4.78 is 7.06. The summed E-state index contributed by atoms with van der Waals surface area (Å²) in [6, 6.07) is 10.3. The van der Waals surface area contributed by atoms with Gasteiger partial charge in [-0.2, -0.15) is 0 Å². The van der Waals surface area contributed by atoms with Gasteiger partial charge in [0.15, 0.2) is 0 Å². The Balaban J connectivity index is 2.37. The van der Waals surface area contributed by atoms with E-state index < -0.39 is 0 Å². The number of fused-ring (bicyclic) bond motifs is 1. The van der Waals surface area contributed by atoms with E-state index in [-0.39, 0.29) is 5.91 Å². The summed E-state index contributed by atoms with van der Waals surface area (Å²) in [7, 11) is 1.54. The van der Waals surface area contributed by atoms with Crippen molar-refractivity contribution in [3.63, 3.8) is 0 Å². The number of carbonyl (C=O) groups is 2. The number of hydrogen-bond acceptors (Lipinski definition) is 3. The minimum absolute atomic E-state index is 0.197. The van der Waals surface area contributed by atoms with Crippen molar-refractivity contribution in [3.8, 4) is 5.75 Å². The number of anilines is 1. The van der Waals surface area contributed by atoms with Gasteiger partial charge in [-0.25, -0.2) is 0 Å². The first-order valence-corrected chi connectivity index (χ1v) is 10.6. The summed E-state index contributed by atoms with van der Waals surface area (Å²) in [5, 5.41) is 1.70. The van der Waals surface area contributed by atoms with Crippen LogP contribution in [0, 0.1) is 0 Å². The molecule has 0 N–H and O–H groups in total. The first-order valence-electron chi connectivity index (χ1n) is 9.89. The molecule has 0 aliphatic heterocycles. The number of ether oxygens (including phenoxy) is 1. The third-order valence-corrected chi connectivity index (χ3v) is 5.67. The number of methoxy groups -OCH3 is 1. The molecule has 7 heteroatoms.